The van der Waals surface area contributed by atoms with Crippen molar-refractivity contribution in [2.45, 2.75) is 38.4 Å². The second-order valence-corrected chi connectivity index (χ2v) is 5.56. The van der Waals surface area contributed by atoms with Gasteiger partial charge in [0.25, 0.3) is 0 Å². The molecule has 1 atom stereocenters. The van der Waals surface area contributed by atoms with E-state index in [4.69, 9.17) is 0 Å². The standard InChI is InChI=1S/C16H20N4O/c1-12(16(21)19-14-7-8-14)18-15-9-17-20(11-15)10-13-5-3-2-4-6-13/h2-6,9,11-12,14,18H,7-8,10H2,1H3,(H,19,21). The van der Waals surface area contributed by atoms with Crippen molar-refractivity contribution in [1.82, 2.24) is 15.1 Å². The van der Waals surface area contributed by atoms with Gasteiger partial charge in [-0.1, -0.05) is 30.3 Å². The minimum atomic E-state index is -0.250. The van der Waals surface area contributed by atoms with Crippen LogP contribution in [-0.2, 0) is 11.3 Å². The summed E-state index contributed by atoms with van der Waals surface area (Å²) in [6.45, 7) is 2.59. The first-order valence-electron chi connectivity index (χ1n) is 7.34. The second kappa shape index (κ2) is 5.99. The van der Waals surface area contributed by atoms with Crippen LogP contribution in [0.25, 0.3) is 0 Å². The maximum atomic E-state index is 11.9. The fourth-order valence-corrected chi connectivity index (χ4v) is 2.16. The Labute approximate surface area is 124 Å². The van der Waals surface area contributed by atoms with Crippen LogP contribution < -0.4 is 10.6 Å². The Morgan fingerprint density at radius 1 is 1.38 bits per heavy atom. The highest BCUT2D eigenvalue weighted by Gasteiger charge is 2.25. The first-order chi connectivity index (χ1) is 10.2. The van der Waals surface area contributed by atoms with Crippen LogP contribution in [0.5, 0.6) is 0 Å². The van der Waals surface area contributed by atoms with Crippen LogP contribution in [0, 0.1) is 0 Å². The van der Waals surface area contributed by atoms with E-state index >= 15 is 0 Å². The van der Waals surface area contributed by atoms with Crippen LogP contribution in [0.1, 0.15) is 25.3 Å². The third-order valence-corrected chi connectivity index (χ3v) is 3.52. The highest BCUT2D eigenvalue weighted by Crippen LogP contribution is 2.19. The Balaban J connectivity index is 1.55. The molecule has 1 unspecified atom stereocenters. The third kappa shape index (κ3) is 3.84. The normalized spacial score (nSPS) is 15.5. The van der Waals surface area contributed by atoms with Crippen molar-refractivity contribution in [2.24, 2.45) is 0 Å². The third-order valence-electron chi connectivity index (χ3n) is 3.52. The average molecular weight is 284 g/mol. The number of carbonyl (C=O) groups is 1. The lowest BCUT2D eigenvalue weighted by Crippen LogP contribution is -2.38. The van der Waals surface area contributed by atoms with Crippen LogP contribution in [0.2, 0.25) is 0 Å². The minimum Gasteiger partial charge on any atom is -0.371 e. The zero-order valence-corrected chi connectivity index (χ0v) is 12.1. The van der Waals surface area contributed by atoms with Gasteiger partial charge < -0.3 is 10.6 Å². The van der Waals surface area contributed by atoms with Crippen LogP contribution in [-0.4, -0.2) is 27.8 Å². The molecule has 0 bridgehead atoms. The molecule has 1 amide bonds. The number of nitrogens with one attached hydrogen (secondary N) is 2. The maximum absolute atomic E-state index is 11.9. The predicted molar refractivity (Wildman–Crippen MR) is 82.0 cm³/mol. The molecule has 2 aromatic rings. The van der Waals surface area contributed by atoms with E-state index < -0.39 is 0 Å². The molecule has 1 heterocycles. The number of anilines is 1. The van der Waals surface area contributed by atoms with E-state index in [9.17, 15) is 4.79 Å². The van der Waals surface area contributed by atoms with Gasteiger partial charge in [-0.05, 0) is 25.3 Å². The lowest BCUT2D eigenvalue weighted by Gasteiger charge is -2.13. The van der Waals surface area contributed by atoms with Crippen molar-refractivity contribution in [2.75, 3.05) is 5.32 Å². The van der Waals surface area contributed by atoms with Crippen molar-refractivity contribution >= 4 is 11.6 Å². The van der Waals surface area contributed by atoms with E-state index in [-0.39, 0.29) is 11.9 Å². The van der Waals surface area contributed by atoms with E-state index in [0.29, 0.717) is 6.04 Å². The maximum Gasteiger partial charge on any atom is 0.242 e. The second-order valence-electron chi connectivity index (χ2n) is 5.56. The topological polar surface area (TPSA) is 59.0 Å². The number of hydrogen-bond acceptors (Lipinski definition) is 3. The number of amides is 1. The molecule has 21 heavy (non-hydrogen) atoms. The molecule has 1 aromatic heterocycles. The zero-order chi connectivity index (χ0) is 14.7. The fraction of sp³-hybridized carbons (Fsp3) is 0.375. The summed E-state index contributed by atoms with van der Waals surface area (Å²) in [5.41, 5.74) is 2.07. The van der Waals surface area contributed by atoms with Crippen molar-refractivity contribution < 1.29 is 4.79 Å². The highest BCUT2D eigenvalue weighted by molar-refractivity contribution is 5.84. The molecule has 5 nitrogen and oxygen atoms in total. The van der Waals surface area contributed by atoms with Gasteiger partial charge in [0.15, 0.2) is 0 Å². The summed E-state index contributed by atoms with van der Waals surface area (Å²) in [7, 11) is 0. The predicted octanol–water partition coefficient (Wildman–Crippen LogP) is 2.01. The van der Waals surface area contributed by atoms with Crippen LogP contribution in [0.15, 0.2) is 42.7 Å². The summed E-state index contributed by atoms with van der Waals surface area (Å²) in [5.74, 6) is 0.0494. The quantitative estimate of drug-likeness (QED) is 0.853. The molecule has 1 fully saturated rings. The molecule has 3 rings (SSSR count). The molecular weight excluding hydrogens is 264 g/mol. The molecule has 5 heteroatoms. The summed E-state index contributed by atoms with van der Waals surface area (Å²) in [6.07, 6.45) is 5.89. The summed E-state index contributed by atoms with van der Waals surface area (Å²) in [6, 6.07) is 10.3. The molecule has 110 valence electrons. The monoisotopic (exact) mass is 284 g/mol. The Morgan fingerprint density at radius 3 is 2.86 bits per heavy atom. The lowest BCUT2D eigenvalue weighted by atomic mass is 10.2. The van der Waals surface area contributed by atoms with E-state index in [2.05, 4.69) is 27.9 Å². The molecular formula is C16H20N4O. The largest absolute Gasteiger partial charge is 0.371 e. The number of rotatable bonds is 6. The molecule has 0 aliphatic heterocycles. The SMILES string of the molecule is CC(Nc1cnn(Cc2ccccc2)c1)C(=O)NC1CC1. The summed E-state index contributed by atoms with van der Waals surface area (Å²) < 4.78 is 1.86. The van der Waals surface area contributed by atoms with Gasteiger partial charge in [-0.25, -0.2) is 0 Å². The zero-order valence-electron chi connectivity index (χ0n) is 12.1. The van der Waals surface area contributed by atoms with Gasteiger partial charge in [0.2, 0.25) is 5.91 Å². The van der Waals surface area contributed by atoms with E-state index in [1.807, 2.05) is 36.0 Å². The van der Waals surface area contributed by atoms with Crippen molar-refractivity contribution in [3.8, 4) is 0 Å². The molecule has 1 saturated carbocycles. The van der Waals surface area contributed by atoms with E-state index in [0.717, 1.165) is 25.1 Å². The fourth-order valence-electron chi connectivity index (χ4n) is 2.16. The average Bonchev–Trinajstić information content (AvgIpc) is 3.19. The minimum absolute atomic E-state index is 0.0494. The van der Waals surface area contributed by atoms with Gasteiger partial charge in [0.1, 0.15) is 6.04 Å². The molecule has 1 aromatic carbocycles. The summed E-state index contributed by atoms with van der Waals surface area (Å²) in [4.78, 5) is 11.9. The smallest absolute Gasteiger partial charge is 0.242 e. The Bertz CT molecular complexity index is 604. The molecule has 1 aliphatic carbocycles. The number of carbonyl (C=O) groups excluding carboxylic acids is 1. The van der Waals surface area contributed by atoms with Gasteiger partial charge in [0, 0.05) is 12.2 Å². The number of aromatic nitrogens is 2. The van der Waals surface area contributed by atoms with Gasteiger partial charge in [-0.3, -0.25) is 9.48 Å². The van der Waals surface area contributed by atoms with Gasteiger partial charge >= 0.3 is 0 Å². The summed E-state index contributed by atoms with van der Waals surface area (Å²) >= 11 is 0. The first kappa shape index (κ1) is 13.7. The molecule has 1 aliphatic rings. The van der Waals surface area contributed by atoms with Crippen LogP contribution in [0.4, 0.5) is 5.69 Å². The molecule has 0 saturated heterocycles. The molecule has 0 spiro atoms. The molecule has 2 N–H and O–H groups in total. The first-order valence-corrected chi connectivity index (χ1v) is 7.34. The Morgan fingerprint density at radius 2 is 2.14 bits per heavy atom. The van der Waals surface area contributed by atoms with Gasteiger partial charge in [0.05, 0.1) is 18.4 Å². The summed E-state index contributed by atoms with van der Waals surface area (Å²) in [5, 5.41) is 10.5. The van der Waals surface area contributed by atoms with Crippen molar-refractivity contribution in [3.05, 3.63) is 48.3 Å². The van der Waals surface area contributed by atoms with Gasteiger partial charge in [-0.2, -0.15) is 5.10 Å². The highest BCUT2D eigenvalue weighted by atomic mass is 16.2. The van der Waals surface area contributed by atoms with Crippen molar-refractivity contribution in [3.63, 3.8) is 0 Å². The van der Waals surface area contributed by atoms with Crippen LogP contribution in [0.3, 0.4) is 0 Å². The Kier molecular flexibility index (Phi) is 3.90. The lowest BCUT2D eigenvalue weighted by molar-refractivity contribution is -0.121. The van der Waals surface area contributed by atoms with Gasteiger partial charge in [-0.15, -0.1) is 0 Å². The number of hydrogen-bond donors (Lipinski definition) is 2. The van der Waals surface area contributed by atoms with Crippen LogP contribution >= 0.6 is 0 Å². The molecule has 0 radical (unpaired) electrons. The van der Waals surface area contributed by atoms with Crippen molar-refractivity contribution in [1.29, 1.82) is 0 Å². The Hall–Kier alpha value is -2.30. The number of nitrogens with zero attached hydrogens (tertiary/aromatic N) is 2. The van der Waals surface area contributed by atoms with E-state index in [1.54, 1.807) is 6.20 Å². The number of benzene rings is 1. The van der Waals surface area contributed by atoms with E-state index in [1.165, 1.54) is 5.56 Å².